The molecule has 0 saturated carbocycles. The normalized spacial score (nSPS) is 17.6. The standard InChI is InChI=1S/C15H13ClN6O2S/c16-13-4-3-12(25-13)11-8-22(5-6-24-11)15(23)10-2-1-9(7-17-10)14-18-20-21-19-14/h1-4,7,11H,5-6,8H2,(H,18,19,20,21). The summed E-state index contributed by atoms with van der Waals surface area (Å²) in [6, 6.07) is 7.19. The number of carbonyl (C=O) groups is 1. The number of nitrogens with zero attached hydrogens (tertiary/aromatic N) is 5. The van der Waals surface area contributed by atoms with Gasteiger partial charge in [0.25, 0.3) is 5.91 Å². The molecular formula is C15H13ClN6O2S. The molecule has 0 radical (unpaired) electrons. The Hall–Kier alpha value is -2.36. The number of hydrogen-bond donors (Lipinski definition) is 1. The van der Waals surface area contributed by atoms with Crippen LogP contribution < -0.4 is 0 Å². The zero-order valence-corrected chi connectivity index (χ0v) is 14.5. The fraction of sp³-hybridized carbons (Fsp3) is 0.267. The first kappa shape index (κ1) is 16.1. The lowest BCUT2D eigenvalue weighted by molar-refractivity contribution is -0.0213. The summed E-state index contributed by atoms with van der Waals surface area (Å²) in [6.07, 6.45) is 1.41. The van der Waals surface area contributed by atoms with Crippen LogP contribution in [0.4, 0.5) is 0 Å². The maximum absolute atomic E-state index is 12.7. The second kappa shape index (κ2) is 6.87. The average molecular weight is 377 g/mol. The molecule has 1 amide bonds. The molecule has 3 aromatic heterocycles. The summed E-state index contributed by atoms with van der Waals surface area (Å²) in [7, 11) is 0. The molecule has 1 aliphatic rings. The van der Waals surface area contributed by atoms with Crippen molar-refractivity contribution in [1.29, 1.82) is 0 Å². The largest absolute Gasteiger partial charge is 0.369 e. The number of rotatable bonds is 3. The van der Waals surface area contributed by atoms with Gasteiger partial charge >= 0.3 is 0 Å². The second-order valence-corrected chi connectivity index (χ2v) is 7.17. The number of morpholine rings is 1. The lowest BCUT2D eigenvalue weighted by Crippen LogP contribution is -2.42. The van der Waals surface area contributed by atoms with Gasteiger partial charge in [-0.25, -0.2) is 0 Å². The van der Waals surface area contributed by atoms with Gasteiger partial charge in [-0.05, 0) is 29.5 Å². The molecule has 0 aliphatic carbocycles. The first-order chi connectivity index (χ1) is 12.2. The predicted molar refractivity (Wildman–Crippen MR) is 91.3 cm³/mol. The van der Waals surface area contributed by atoms with E-state index in [4.69, 9.17) is 16.3 Å². The average Bonchev–Trinajstić information content (AvgIpc) is 3.33. The third-order valence-electron chi connectivity index (χ3n) is 3.85. The van der Waals surface area contributed by atoms with Crippen molar-refractivity contribution in [2.75, 3.05) is 19.7 Å². The van der Waals surface area contributed by atoms with Gasteiger partial charge < -0.3 is 9.64 Å². The third-order valence-corrected chi connectivity index (χ3v) is 5.17. The summed E-state index contributed by atoms with van der Waals surface area (Å²) in [5.41, 5.74) is 1.07. The molecule has 1 N–H and O–H groups in total. The molecule has 4 heterocycles. The van der Waals surface area contributed by atoms with Crippen LogP contribution in [0.1, 0.15) is 21.5 Å². The molecule has 1 fully saturated rings. The van der Waals surface area contributed by atoms with E-state index in [1.54, 1.807) is 23.2 Å². The van der Waals surface area contributed by atoms with E-state index in [0.717, 1.165) is 4.88 Å². The number of aromatic amines is 1. The number of tetrazole rings is 1. The highest BCUT2D eigenvalue weighted by atomic mass is 35.5. The minimum absolute atomic E-state index is 0.129. The van der Waals surface area contributed by atoms with E-state index in [2.05, 4.69) is 25.6 Å². The summed E-state index contributed by atoms with van der Waals surface area (Å²) < 4.78 is 6.48. The van der Waals surface area contributed by atoms with E-state index in [1.165, 1.54) is 11.3 Å². The number of hydrogen-bond acceptors (Lipinski definition) is 7. The van der Waals surface area contributed by atoms with Gasteiger partial charge in [-0.3, -0.25) is 9.78 Å². The van der Waals surface area contributed by atoms with Gasteiger partial charge in [-0.2, -0.15) is 5.21 Å². The summed E-state index contributed by atoms with van der Waals surface area (Å²) in [6.45, 7) is 1.49. The Kier molecular flexibility index (Phi) is 4.43. The molecular weight excluding hydrogens is 364 g/mol. The number of amides is 1. The van der Waals surface area contributed by atoms with Gasteiger partial charge in [0.15, 0.2) is 0 Å². The molecule has 0 aromatic carbocycles. The highest BCUT2D eigenvalue weighted by molar-refractivity contribution is 7.16. The Bertz CT molecular complexity index is 867. The molecule has 128 valence electrons. The van der Waals surface area contributed by atoms with Crippen molar-refractivity contribution in [2.45, 2.75) is 6.10 Å². The van der Waals surface area contributed by atoms with Crippen LogP contribution in [0.3, 0.4) is 0 Å². The number of ether oxygens (including phenoxy) is 1. The predicted octanol–water partition coefficient (Wildman–Crippen LogP) is 2.19. The molecule has 1 saturated heterocycles. The van der Waals surface area contributed by atoms with Gasteiger partial charge in [0.2, 0.25) is 5.82 Å². The number of carbonyl (C=O) groups excluding carboxylic acids is 1. The quantitative estimate of drug-likeness (QED) is 0.752. The van der Waals surface area contributed by atoms with Crippen LogP contribution in [-0.2, 0) is 4.74 Å². The first-order valence-electron chi connectivity index (χ1n) is 7.56. The number of halogens is 1. The maximum Gasteiger partial charge on any atom is 0.272 e. The minimum atomic E-state index is -0.159. The molecule has 1 unspecified atom stereocenters. The van der Waals surface area contributed by atoms with Crippen LogP contribution in [0.2, 0.25) is 4.34 Å². The van der Waals surface area contributed by atoms with Gasteiger partial charge in [0, 0.05) is 23.2 Å². The van der Waals surface area contributed by atoms with E-state index >= 15 is 0 Å². The smallest absolute Gasteiger partial charge is 0.272 e. The van der Waals surface area contributed by atoms with Crippen molar-refractivity contribution in [1.82, 2.24) is 30.5 Å². The van der Waals surface area contributed by atoms with Crippen LogP contribution in [0.25, 0.3) is 11.4 Å². The molecule has 0 spiro atoms. The fourth-order valence-corrected chi connectivity index (χ4v) is 3.71. The Balaban J connectivity index is 1.48. The molecule has 1 atom stereocenters. The molecule has 1 aliphatic heterocycles. The monoisotopic (exact) mass is 376 g/mol. The van der Waals surface area contributed by atoms with Crippen molar-refractivity contribution in [3.05, 3.63) is 45.4 Å². The van der Waals surface area contributed by atoms with E-state index < -0.39 is 0 Å². The molecule has 0 bridgehead atoms. The summed E-state index contributed by atoms with van der Waals surface area (Å²) >= 11 is 7.46. The third kappa shape index (κ3) is 3.39. The fourth-order valence-electron chi connectivity index (χ4n) is 2.61. The summed E-state index contributed by atoms with van der Waals surface area (Å²) in [4.78, 5) is 19.7. The van der Waals surface area contributed by atoms with Gasteiger partial charge in [-0.1, -0.05) is 11.6 Å². The molecule has 8 nitrogen and oxygen atoms in total. The molecule has 10 heteroatoms. The van der Waals surface area contributed by atoms with Crippen molar-refractivity contribution in [3.8, 4) is 11.4 Å². The number of pyridine rings is 1. The lowest BCUT2D eigenvalue weighted by Gasteiger charge is -2.32. The summed E-state index contributed by atoms with van der Waals surface area (Å²) in [5.74, 6) is 0.308. The van der Waals surface area contributed by atoms with Crippen LogP contribution >= 0.6 is 22.9 Å². The van der Waals surface area contributed by atoms with E-state index in [9.17, 15) is 4.79 Å². The number of thiophene rings is 1. The first-order valence-corrected chi connectivity index (χ1v) is 8.76. The Morgan fingerprint density at radius 3 is 2.96 bits per heavy atom. The summed E-state index contributed by atoms with van der Waals surface area (Å²) in [5, 5.41) is 13.7. The van der Waals surface area contributed by atoms with Gasteiger partial charge in [0.1, 0.15) is 11.8 Å². The lowest BCUT2D eigenvalue weighted by atomic mass is 10.2. The SMILES string of the molecule is O=C(c1ccc(-c2nn[nH]n2)cn1)N1CCOC(c2ccc(Cl)s2)C1. The van der Waals surface area contributed by atoms with E-state index in [0.29, 0.717) is 41.1 Å². The Morgan fingerprint density at radius 1 is 1.36 bits per heavy atom. The van der Waals surface area contributed by atoms with Gasteiger partial charge in [-0.15, -0.1) is 21.5 Å². The highest BCUT2D eigenvalue weighted by Crippen LogP contribution is 2.31. The van der Waals surface area contributed by atoms with Crippen LogP contribution in [-0.4, -0.2) is 56.1 Å². The second-order valence-electron chi connectivity index (χ2n) is 5.42. The molecule has 25 heavy (non-hydrogen) atoms. The highest BCUT2D eigenvalue weighted by Gasteiger charge is 2.27. The van der Waals surface area contributed by atoms with E-state index in [1.807, 2.05) is 12.1 Å². The van der Waals surface area contributed by atoms with Crippen molar-refractivity contribution < 1.29 is 9.53 Å². The Labute approximate surface area is 151 Å². The maximum atomic E-state index is 12.7. The van der Waals surface area contributed by atoms with Crippen LogP contribution in [0, 0.1) is 0 Å². The zero-order valence-electron chi connectivity index (χ0n) is 12.9. The van der Waals surface area contributed by atoms with Gasteiger partial charge in [0.05, 0.1) is 17.5 Å². The van der Waals surface area contributed by atoms with E-state index in [-0.39, 0.29) is 12.0 Å². The topological polar surface area (TPSA) is 96.9 Å². The minimum Gasteiger partial charge on any atom is -0.369 e. The van der Waals surface area contributed by atoms with Crippen molar-refractivity contribution in [2.24, 2.45) is 0 Å². The number of nitrogens with one attached hydrogen (secondary N) is 1. The molecule has 3 aromatic rings. The Morgan fingerprint density at radius 2 is 2.28 bits per heavy atom. The zero-order chi connectivity index (χ0) is 17.2. The van der Waals surface area contributed by atoms with Crippen molar-refractivity contribution >= 4 is 28.8 Å². The van der Waals surface area contributed by atoms with Crippen LogP contribution in [0.5, 0.6) is 0 Å². The van der Waals surface area contributed by atoms with Crippen molar-refractivity contribution in [3.63, 3.8) is 0 Å². The molecule has 4 rings (SSSR count). The number of aromatic nitrogens is 5. The number of H-pyrrole nitrogens is 1. The van der Waals surface area contributed by atoms with Crippen LogP contribution in [0.15, 0.2) is 30.5 Å².